The van der Waals surface area contributed by atoms with Crippen molar-refractivity contribution in [2.45, 2.75) is 47.0 Å². The number of sulfonamides is 1. The lowest BCUT2D eigenvalue weighted by molar-refractivity contribution is -0.258. The van der Waals surface area contributed by atoms with Gasteiger partial charge in [0.05, 0.1) is 24.2 Å². The monoisotopic (exact) mass is 630 g/mol. The minimum Gasteiger partial charge on any atom is -0.378 e. The molecule has 0 saturated carbocycles. The molecule has 9 nitrogen and oxygen atoms in total. The van der Waals surface area contributed by atoms with Gasteiger partial charge >= 0.3 is 6.18 Å². The Hall–Kier alpha value is -2.36. The summed E-state index contributed by atoms with van der Waals surface area (Å²) in [5.41, 5.74) is -2.71. The van der Waals surface area contributed by atoms with E-state index >= 15 is 0 Å². The van der Waals surface area contributed by atoms with Gasteiger partial charge in [0.2, 0.25) is 15.9 Å². The van der Waals surface area contributed by atoms with Crippen LogP contribution in [0.25, 0.3) is 0 Å². The molecule has 0 bridgehead atoms. The molecular formula is C28H37F3N4O5S2. The highest BCUT2D eigenvalue weighted by Crippen LogP contribution is 2.39. The zero-order valence-corrected chi connectivity index (χ0v) is 25.5. The largest absolute Gasteiger partial charge is 0.421 e. The van der Waals surface area contributed by atoms with E-state index in [1.807, 2.05) is 4.90 Å². The molecule has 42 heavy (non-hydrogen) atoms. The van der Waals surface area contributed by atoms with Crippen LogP contribution in [0.1, 0.15) is 18.9 Å². The molecular weight excluding hydrogens is 593 g/mol. The number of aliphatic hydroxyl groups is 1. The molecule has 0 aliphatic carbocycles. The number of ether oxygens (including phenoxy) is 1. The Bertz CT molecular complexity index is 1360. The lowest BCUT2D eigenvalue weighted by atomic mass is 9.95. The molecule has 2 aliphatic heterocycles. The molecule has 0 spiro atoms. The topological polar surface area (TPSA) is 93.6 Å². The first-order chi connectivity index (χ1) is 19.6. The lowest BCUT2D eigenvalue weighted by Gasteiger charge is -2.46. The summed E-state index contributed by atoms with van der Waals surface area (Å²) >= 11 is 4.35. The van der Waals surface area contributed by atoms with Crippen LogP contribution >= 0.6 is 12.6 Å². The highest BCUT2D eigenvalue weighted by atomic mass is 32.2. The highest BCUT2D eigenvalue weighted by Gasteiger charge is 2.51. The average Bonchev–Trinajstić information content (AvgIpc) is 2.93. The first-order valence-corrected chi connectivity index (χ1v) is 15.5. The van der Waals surface area contributed by atoms with E-state index in [0.717, 1.165) is 0 Å². The van der Waals surface area contributed by atoms with Gasteiger partial charge in [0.1, 0.15) is 0 Å². The number of carbonyl (C=O) groups excluding carboxylic acids is 1. The normalized spacial score (nSPS) is 22.5. The maximum absolute atomic E-state index is 13.7. The van der Waals surface area contributed by atoms with Gasteiger partial charge in [-0.1, -0.05) is 24.3 Å². The average molecular weight is 631 g/mol. The number of halogens is 3. The number of piperazine rings is 1. The van der Waals surface area contributed by atoms with Gasteiger partial charge in [0, 0.05) is 69.9 Å². The lowest BCUT2D eigenvalue weighted by Crippen LogP contribution is -2.60. The van der Waals surface area contributed by atoms with Crippen molar-refractivity contribution in [3.05, 3.63) is 54.1 Å². The van der Waals surface area contributed by atoms with Crippen molar-refractivity contribution in [3.63, 3.8) is 0 Å². The van der Waals surface area contributed by atoms with Crippen LogP contribution in [0.3, 0.4) is 0 Å². The summed E-state index contributed by atoms with van der Waals surface area (Å²) in [4.78, 5) is 18.6. The summed E-state index contributed by atoms with van der Waals surface area (Å²) in [7, 11) is -0.527. The molecule has 0 radical (unpaired) electrons. The van der Waals surface area contributed by atoms with E-state index in [0.29, 0.717) is 43.8 Å². The van der Waals surface area contributed by atoms with E-state index in [-0.39, 0.29) is 48.5 Å². The number of morpholine rings is 1. The zero-order chi connectivity index (χ0) is 30.9. The molecule has 1 N–H and O–H groups in total. The van der Waals surface area contributed by atoms with Crippen LogP contribution < -0.4 is 4.90 Å². The first kappa shape index (κ1) is 32.6. The Labute approximate surface area is 250 Å². The number of anilines is 1. The zero-order valence-electron chi connectivity index (χ0n) is 23.8. The molecule has 2 saturated heterocycles. The molecule has 0 aromatic heterocycles. The summed E-state index contributed by atoms with van der Waals surface area (Å²) in [6, 6.07) is 11.4. The second-order valence-electron chi connectivity index (χ2n) is 11.0. The van der Waals surface area contributed by atoms with Crippen molar-refractivity contribution in [1.82, 2.24) is 14.1 Å². The Morgan fingerprint density at radius 2 is 1.74 bits per heavy atom. The summed E-state index contributed by atoms with van der Waals surface area (Å²) in [6.07, 6.45) is -4.62. The summed E-state index contributed by atoms with van der Waals surface area (Å²) in [6.45, 7) is 2.98. The number of benzene rings is 2. The van der Waals surface area contributed by atoms with Crippen LogP contribution in [-0.2, 0) is 25.2 Å². The van der Waals surface area contributed by atoms with Crippen molar-refractivity contribution in [2.24, 2.45) is 0 Å². The van der Waals surface area contributed by atoms with Crippen LogP contribution in [0.2, 0.25) is 0 Å². The molecule has 2 fully saturated rings. The molecule has 2 aromatic carbocycles. The molecule has 232 valence electrons. The minimum absolute atomic E-state index is 0.0575. The fraction of sp³-hybridized carbons (Fsp3) is 0.536. The molecule has 2 aromatic rings. The van der Waals surface area contributed by atoms with E-state index in [1.165, 1.54) is 39.5 Å². The first-order valence-electron chi connectivity index (χ1n) is 13.6. The van der Waals surface area contributed by atoms with Gasteiger partial charge in [-0.2, -0.15) is 17.5 Å². The van der Waals surface area contributed by atoms with E-state index in [9.17, 15) is 31.5 Å². The van der Waals surface area contributed by atoms with Gasteiger partial charge in [-0.25, -0.2) is 8.42 Å². The van der Waals surface area contributed by atoms with Crippen molar-refractivity contribution in [3.8, 4) is 0 Å². The standard InChI is InChI=1S/C28H37F3N4O5S2/c1-27(37,28(29,30)31)20-8-10-21(11-9-20)35-13-12-34(42(38,39)25-7-5-4-6-24(25)41)18-23(35)17-33-14-15-40-19-22(33)16-26(36)32(2)3/h4-11,22-23,37,41H,12-19H2,1-3H3/t22-,23-,27+/m0/s1. The molecule has 3 atom stereocenters. The van der Waals surface area contributed by atoms with Crippen molar-refractivity contribution < 1.29 is 36.2 Å². The molecule has 4 rings (SSSR count). The van der Waals surface area contributed by atoms with Gasteiger partial charge in [0.25, 0.3) is 0 Å². The van der Waals surface area contributed by atoms with Crippen molar-refractivity contribution in [2.75, 3.05) is 64.9 Å². The van der Waals surface area contributed by atoms with E-state index < -0.39 is 27.8 Å². The van der Waals surface area contributed by atoms with Gasteiger partial charge in [-0.15, -0.1) is 12.6 Å². The number of rotatable bonds is 8. The Balaban J connectivity index is 1.64. The molecule has 1 amide bonds. The van der Waals surface area contributed by atoms with Gasteiger partial charge in [0.15, 0.2) is 5.60 Å². The number of nitrogens with zero attached hydrogens (tertiary/aromatic N) is 4. The maximum atomic E-state index is 13.7. The second-order valence-corrected chi connectivity index (χ2v) is 13.4. The minimum atomic E-state index is -4.85. The third-order valence-corrected chi connectivity index (χ3v) is 10.4. The van der Waals surface area contributed by atoms with Gasteiger partial charge in [-0.05, 0) is 36.8 Å². The van der Waals surface area contributed by atoms with Gasteiger partial charge in [-0.3, -0.25) is 9.69 Å². The summed E-state index contributed by atoms with van der Waals surface area (Å²) in [5, 5.41) is 10.1. The predicted octanol–water partition coefficient (Wildman–Crippen LogP) is 2.80. The van der Waals surface area contributed by atoms with Crippen LogP contribution in [-0.4, -0.2) is 112 Å². The second kappa shape index (κ2) is 12.7. The number of amides is 1. The van der Waals surface area contributed by atoms with Crippen LogP contribution in [0.4, 0.5) is 18.9 Å². The highest BCUT2D eigenvalue weighted by molar-refractivity contribution is 7.90. The Morgan fingerprint density at radius 1 is 1.07 bits per heavy atom. The number of hydrogen-bond donors (Lipinski definition) is 2. The SMILES string of the molecule is CN(C)C(=O)C[C@H]1COCCN1C[C@H]1CN(S(=O)(=O)c2ccccc2S)CCN1c1ccc([C@@](C)(O)C(F)(F)F)cc1. The van der Waals surface area contributed by atoms with Crippen LogP contribution in [0, 0.1) is 0 Å². The third kappa shape index (κ3) is 6.89. The number of thiol groups is 1. The number of hydrogen-bond acceptors (Lipinski definition) is 8. The number of alkyl halides is 3. The molecule has 2 heterocycles. The van der Waals surface area contributed by atoms with E-state index in [1.54, 1.807) is 32.3 Å². The molecule has 2 aliphatic rings. The quantitative estimate of drug-likeness (QED) is 0.434. The Kier molecular flexibility index (Phi) is 9.85. The predicted molar refractivity (Wildman–Crippen MR) is 155 cm³/mol. The van der Waals surface area contributed by atoms with E-state index in [2.05, 4.69) is 17.5 Å². The van der Waals surface area contributed by atoms with Crippen LogP contribution in [0.5, 0.6) is 0 Å². The number of carbonyl (C=O) groups is 1. The fourth-order valence-electron chi connectivity index (χ4n) is 5.27. The van der Waals surface area contributed by atoms with E-state index in [4.69, 9.17) is 4.74 Å². The molecule has 0 unspecified atom stereocenters. The van der Waals surface area contributed by atoms with Crippen LogP contribution in [0.15, 0.2) is 58.3 Å². The maximum Gasteiger partial charge on any atom is 0.421 e. The molecule has 14 heteroatoms. The summed E-state index contributed by atoms with van der Waals surface area (Å²) in [5.74, 6) is -0.0575. The smallest absolute Gasteiger partial charge is 0.378 e. The van der Waals surface area contributed by atoms with Gasteiger partial charge < -0.3 is 19.6 Å². The third-order valence-electron chi connectivity index (χ3n) is 7.95. The van der Waals surface area contributed by atoms with Crippen molar-refractivity contribution in [1.29, 1.82) is 0 Å². The van der Waals surface area contributed by atoms with Crippen molar-refractivity contribution >= 4 is 34.2 Å². The fourth-order valence-corrected chi connectivity index (χ4v) is 7.33. The summed E-state index contributed by atoms with van der Waals surface area (Å²) < 4.78 is 74.7. The Morgan fingerprint density at radius 3 is 2.36 bits per heavy atom.